The monoisotopic (exact) mass is 497 g/mol. The summed E-state index contributed by atoms with van der Waals surface area (Å²) in [5.41, 5.74) is 2.17. The fourth-order valence-corrected chi connectivity index (χ4v) is 4.57. The van der Waals surface area contributed by atoms with Crippen LogP contribution in [0.4, 0.5) is 0 Å². The molecule has 0 spiro atoms. The average Bonchev–Trinajstić information content (AvgIpc) is 3.30. The first-order valence-electron chi connectivity index (χ1n) is 10.2. The first-order chi connectivity index (χ1) is 15.3. The number of rotatable bonds is 6. The van der Waals surface area contributed by atoms with Gasteiger partial charge in [-0.1, -0.05) is 18.2 Å². The van der Waals surface area contributed by atoms with Crippen molar-refractivity contribution in [2.45, 2.75) is 6.04 Å². The van der Waals surface area contributed by atoms with Crippen LogP contribution in [-0.2, 0) is 9.59 Å². The van der Waals surface area contributed by atoms with E-state index >= 15 is 0 Å². The fourth-order valence-electron chi connectivity index (χ4n) is 4.03. The van der Waals surface area contributed by atoms with Crippen molar-refractivity contribution in [3.63, 3.8) is 0 Å². The third kappa shape index (κ3) is 3.80. The van der Waals surface area contributed by atoms with Gasteiger partial charge >= 0.3 is 0 Å². The number of aromatic nitrogens is 1. The highest BCUT2D eigenvalue weighted by atomic mass is 79.9. The number of aliphatic hydroxyl groups excluding tert-OH is 1. The number of likely N-dealkylation sites (N-methyl/N-ethyl adjacent to an activating group) is 1. The number of halogens is 1. The summed E-state index contributed by atoms with van der Waals surface area (Å²) in [6.45, 7) is 0.935. The van der Waals surface area contributed by atoms with Gasteiger partial charge in [0, 0.05) is 41.3 Å². The number of ketones is 1. The van der Waals surface area contributed by atoms with E-state index in [1.54, 1.807) is 36.4 Å². The molecule has 32 heavy (non-hydrogen) atoms. The molecule has 0 saturated carbocycles. The Labute approximate surface area is 194 Å². The maximum atomic E-state index is 13.2. The molecule has 2 N–H and O–H groups in total. The third-order valence-electron chi connectivity index (χ3n) is 5.67. The van der Waals surface area contributed by atoms with E-state index in [1.165, 1.54) is 0 Å². The van der Waals surface area contributed by atoms with E-state index in [9.17, 15) is 14.7 Å². The Morgan fingerprint density at radius 1 is 1.22 bits per heavy atom. The van der Waals surface area contributed by atoms with E-state index in [0.717, 1.165) is 16.5 Å². The van der Waals surface area contributed by atoms with Gasteiger partial charge in [0.2, 0.25) is 0 Å². The van der Waals surface area contributed by atoms with E-state index in [-0.39, 0.29) is 11.3 Å². The lowest BCUT2D eigenvalue weighted by Crippen LogP contribution is -2.35. The van der Waals surface area contributed by atoms with Gasteiger partial charge < -0.3 is 24.6 Å². The number of likely N-dealkylation sites (tertiary alicyclic amines) is 1. The number of Topliss-reactive ketones (excluding diaryl/α,β-unsaturated/α-hetero) is 1. The van der Waals surface area contributed by atoms with Crippen molar-refractivity contribution in [3.05, 3.63) is 69.8 Å². The van der Waals surface area contributed by atoms with Crippen molar-refractivity contribution >= 4 is 44.3 Å². The molecule has 7 nitrogen and oxygen atoms in total. The van der Waals surface area contributed by atoms with Crippen LogP contribution in [0.3, 0.4) is 0 Å². The van der Waals surface area contributed by atoms with Crippen LogP contribution in [0.15, 0.2) is 58.7 Å². The minimum absolute atomic E-state index is 0.0792. The van der Waals surface area contributed by atoms with Gasteiger partial charge in [0.25, 0.3) is 11.7 Å². The van der Waals surface area contributed by atoms with Gasteiger partial charge in [-0.15, -0.1) is 0 Å². The van der Waals surface area contributed by atoms with Crippen molar-refractivity contribution in [1.82, 2.24) is 14.8 Å². The molecule has 2 heterocycles. The number of amides is 1. The maximum absolute atomic E-state index is 13.2. The Morgan fingerprint density at radius 2 is 1.97 bits per heavy atom. The van der Waals surface area contributed by atoms with E-state index in [1.807, 2.05) is 43.3 Å². The molecular weight excluding hydrogens is 474 g/mol. The van der Waals surface area contributed by atoms with Crippen LogP contribution in [0, 0.1) is 0 Å². The zero-order valence-electron chi connectivity index (χ0n) is 18.1. The molecule has 1 saturated heterocycles. The zero-order valence-corrected chi connectivity index (χ0v) is 19.6. The van der Waals surface area contributed by atoms with Crippen LogP contribution in [-0.4, -0.2) is 65.9 Å². The lowest BCUT2D eigenvalue weighted by atomic mass is 9.95. The van der Waals surface area contributed by atoms with Crippen LogP contribution in [0.25, 0.3) is 16.7 Å². The van der Waals surface area contributed by atoms with Crippen molar-refractivity contribution in [3.8, 4) is 5.75 Å². The number of H-pyrrole nitrogens is 1. The lowest BCUT2D eigenvalue weighted by molar-refractivity contribution is -0.140. The van der Waals surface area contributed by atoms with Crippen LogP contribution < -0.4 is 4.74 Å². The molecule has 1 fully saturated rings. The Morgan fingerprint density at radius 3 is 2.66 bits per heavy atom. The summed E-state index contributed by atoms with van der Waals surface area (Å²) in [6.07, 6.45) is 1.81. The molecule has 0 aliphatic carbocycles. The molecule has 1 aliphatic rings. The molecule has 1 aromatic heterocycles. The van der Waals surface area contributed by atoms with E-state index in [4.69, 9.17) is 4.74 Å². The minimum atomic E-state index is -0.702. The molecular formula is C24H24BrN3O4. The third-order valence-corrected chi connectivity index (χ3v) is 6.29. The number of aliphatic hydroxyl groups is 1. The quantitative estimate of drug-likeness (QED) is 0.306. The first kappa shape index (κ1) is 22.1. The molecule has 1 amide bonds. The van der Waals surface area contributed by atoms with Crippen molar-refractivity contribution in [2.75, 3.05) is 34.3 Å². The van der Waals surface area contributed by atoms with E-state index in [0.29, 0.717) is 28.9 Å². The predicted molar refractivity (Wildman–Crippen MR) is 127 cm³/mol. The SMILES string of the molecule is COc1ccc(/C(O)=C2\C(=O)C(=O)N(CCN(C)C)C2c2c[nH]c3ccccc23)cc1Br. The summed E-state index contributed by atoms with van der Waals surface area (Å²) < 4.78 is 5.89. The molecule has 0 radical (unpaired) electrons. The summed E-state index contributed by atoms with van der Waals surface area (Å²) in [7, 11) is 5.37. The lowest BCUT2D eigenvalue weighted by Gasteiger charge is -2.26. The van der Waals surface area contributed by atoms with Crippen molar-refractivity contribution in [1.29, 1.82) is 0 Å². The molecule has 1 unspecified atom stereocenters. The number of methoxy groups -OCH3 is 1. The zero-order chi connectivity index (χ0) is 23.0. The predicted octanol–water partition coefficient (Wildman–Crippen LogP) is 3.92. The van der Waals surface area contributed by atoms with Gasteiger partial charge in [0.1, 0.15) is 11.5 Å². The normalized spacial score (nSPS) is 18.2. The summed E-state index contributed by atoms with van der Waals surface area (Å²) in [6, 6.07) is 12.0. The number of nitrogens with one attached hydrogen (secondary N) is 1. The minimum Gasteiger partial charge on any atom is -0.507 e. The number of aromatic amines is 1. The van der Waals surface area contributed by atoms with Crippen molar-refractivity contribution < 1.29 is 19.4 Å². The topological polar surface area (TPSA) is 85.9 Å². The Kier molecular flexibility index (Phi) is 6.08. The molecule has 3 aromatic rings. The molecule has 2 aromatic carbocycles. The largest absolute Gasteiger partial charge is 0.507 e. The van der Waals surface area contributed by atoms with Gasteiger partial charge in [0.05, 0.1) is 23.2 Å². The summed E-state index contributed by atoms with van der Waals surface area (Å²) in [4.78, 5) is 32.9. The average molecular weight is 498 g/mol. The second-order valence-corrected chi connectivity index (χ2v) is 8.79. The number of nitrogens with zero attached hydrogens (tertiary/aromatic N) is 2. The summed E-state index contributed by atoms with van der Waals surface area (Å²) in [5.74, 6) is -0.921. The second-order valence-electron chi connectivity index (χ2n) is 7.93. The number of fused-ring (bicyclic) bond motifs is 1. The van der Waals surface area contributed by atoms with Gasteiger partial charge in [0.15, 0.2) is 0 Å². The van der Waals surface area contributed by atoms with Crippen LogP contribution >= 0.6 is 15.9 Å². The van der Waals surface area contributed by atoms with Gasteiger partial charge in [-0.2, -0.15) is 0 Å². The van der Waals surface area contributed by atoms with E-state index < -0.39 is 17.7 Å². The highest BCUT2D eigenvalue weighted by Crippen LogP contribution is 2.42. The molecule has 8 heteroatoms. The molecule has 1 atom stereocenters. The van der Waals surface area contributed by atoms with Crippen molar-refractivity contribution in [2.24, 2.45) is 0 Å². The fraction of sp³-hybridized carbons (Fsp3) is 0.250. The standard InChI is InChI=1S/C24H24BrN3O4/c1-27(2)10-11-28-21(16-13-26-18-7-5-4-6-15(16)18)20(23(30)24(28)31)22(29)14-8-9-19(32-3)17(25)12-14/h4-9,12-13,21,26,29H,10-11H2,1-3H3/b22-20+. The Hall–Kier alpha value is -3.10. The molecule has 4 rings (SSSR count). The number of carbonyl (C=O) groups excluding carboxylic acids is 2. The number of hydrogen-bond acceptors (Lipinski definition) is 5. The number of hydrogen-bond donors (Lipinski definition) is 2. The van der Waals surface area contributed by atoms with Crippen LogP contribution in [0.1, 0.15) is 17.2 Å². The Balaban J connectivity index is 1.90. The number of ether oxygens (including phenoxy) is 1. The molecule has 1 aliphatic heterocycles. The number of benzene rings is 2. The van der Waals surface area contributed by atoms with Gasteiger partial charge in [-0.25, -0.2) is 0 Å². The molecule has 166 valence electrons. The Bertz CT molecular complexity index is 1230. The molecule has 0 bridgehead atoms. The number of carbonyl (C=O) groups is 2. The van der Waals surface area contributed by atoms with Crippen LogP contribution in [0.5, 0.6) is 5.75 Å². The first-order valence-corrected chi connectivity index (χ1v) is 11.0. The van der Waals surface area contributed by atoms with Gasteiger partial charge in [-0.05, 0) is 54.3 Å². The summed E-state index contributed by atoms with van der Waals surface area (Å²) in [5, 5.41) is 12.1. The maximum Gasteiger partial charge on any atom is 0.295 e. The second kappa shape index (κ2) is 8.80. The van der Waals surface area contributed by atoms with Gasteiger partial charge in [-0.3, -0.25) is 9.59 Å². The number of para-hydroxylation sites is 1. The van der Waals surface area contributed by atoms with E-state index in [2.05, 4.69) is 20.9 Å². The highest BCUT2D eigenvalue weighted by Gasteiger charge is 2.46. The van der Waals surface area contributed by atoms with Crippen LogP contribution in [0.2, 0.25) is 0 Å². The smallest absolute Gasteiger partial charge is 0.295 e. The highest BCUT2D eigenvalue weighted by molar-refractivity contribution is 9.10. The summed E-state index contributed by atoms with van der Waals surface area (Å²) >= 11 is 3.42.